The Kier molecular flexibility index (Phi) is 1.96. The van der Waals surface area contributed by atoms with Crippen molar-refractivity contribution in [2.45, 2.75) is 0 Å². The summed E-state index contributed by atoms with van der Waals surface area (Å²) >= 11 is 0. The molecule has 6 heavy (non-hydrogen) atoms. The summed E-state index contributed by atoms with van der Waals surface area (Å²) < 4.78 is 36.7. The Morgan fingerprint density at radius 3 is 1.50 bits per heavy atom. The highest BCUT2D eigenvalue weighted by Crippen LogP contribution is 1.83. The van der Waals surface area contributed by atoms with Gasteiger partial charge in [0.2, 0.25) is 0 Å². The first kappa shape index (κ1) is 5.77. The number of hydrogen-bond acceptors (Lipinski definition) is 2. The summed E-state index contributed by atoms with van der Waals surface area (Å²) in [4.78, 5) is 0. The third kappa shape index (κ3) is 2.04. The van der Waals surface area contributed by atoms with Gasteiger partial charge in [0.25, 0.3) is 10.9 Å². The minimum atomic E-state index is -3.66. The molecule has 0 aliphatic rings. The van der Waals surface area contributed by atoms with Crippen LogP contribution in [-0.2, 0) is 10.9 Å². The molecule has 0 fully saturated rings. The third-order valence-electron chi connectivity index (χ3n) is 0.123. The van der Waals surface area contributed by atoms with E-state index in [0.29, 0.717) is 0 Å². The molecule has 0 amide bonds. The van der Waals surface area contributed by atoms with E-state index in [2.05, 4.69) is 0 Å². The Labute approximate surface area is 34.1 Å². The standard InChI is InChI=1S/F2HNO2S/c1-3(2)6(4)5/h6H. The topological polar surface area (TPSA) is 37.4 Å². The third-order valence-corrected chi connectivity index (χ3v) is 0.370. The summed E-state index contributed by atoms with van der Waals surface area (Å²) in [6.45, 7) is 0. The van der Waals surface area contributed by atoms with E-state index >= 15 is 0 Å². The number of halogens is 2. The fraction of sp³-hybridized carbons (Fsp3) is 0. The molecule has 0 radical (unpaired) electrons. The van der Waals surface area contributed by atoms with Crippen LogP contribution in [0.15, 0.2) is 0 Å². The maximum absolute atomic E-state index is 10.4. The monoisotopic (exact) mass is 117 g/mol. The van der Waals surface area contributed by atoms with Gasteiger partial charge >= 0.3 is 0 Å². The van der Waals surface area contributed by atoms with Crippen LogP contribution in [-0.4, -0.2) is 13.2 Å². The molecule has 0 heterocycles. The molecule has 0 saturated carbocycles. The Morgan fingerprint density at radius 2 is 1.50 bits per heavy atom. The molecule has 0 aromatic heterocycles. The summed E-state index contributed by atoms with van der Waals surface area (Å²) in [5.41, 5.74) is 0. The number of rotatable bonds is 1. The zero-order valence-electron chi connectivity index (χ0n) is 2.47. The minimum absolute atomic E-state index is 1.88. The molecule has 0 atom stereocenters. The average molecular weight is 117 g/mol. The quantitative estimate of drug-likeness (QED) is 0.374. The van der Waals surface area contributed by atoms with Gasteiger partial charge in [0.05, 0.1) is 0 Å². The van der Waals surface area contributed by atoms with E-state index in [-0.39, 0.29) is 0 Å². The molecule has 3 nitrogen and oxygen atoms in total. The van der Waals surface area contributed by atoms with Crippen LogP contribution in [0.1, 0.15) is 0 Å². The van der Waals surface area contributed by atoms with Gasteiger partial charge in [-0.1, -0.05) is 8.96 Å². The predicted molar refractivity (Wildman–Crippen MR) is 14.4 cm³/mol. The lowest BCUT2D eigenvalue weighted by molar-refractivity contribution is -0.0490. The van der Waals surface area contributed by atoms with Gasteiger partial charge in [-0.05, 0) is 0 Å². The highest BCUT2D eigenvalue weighted by Gasteiger charge is 1.94. The SMILES string of the molecule is O=[SH](=O)N(F)F. The van der Waals surface area contributed by atoms with Gasteiger partial charge in [-0.2, -0.15) is 0 Å². The molecule has 0 bridgehead atoms. The van der Waals surface area contributed by atoms with Crippen molar-refractivity contribution < 1.29 is 17.4 Å². The molecule has 38 valence electrons. The Bertz CT molecular complexity index is 87.7. The van der Waals surface area contributed by atoms with Crippen molar-refractivity contribution in [1.29, 1.82) is 0 Å². The lowest BCUT2D eigenvalue weighted by Crippen LogP contribution is -1.93. The largest absolute Gasteiger partial charge is 0.258 e. The second kappa shape index (κ2) is 2.04. The molecule has 0 aliphatic heterocycles. The maximum Gasteiger partial charge on any atom is 0.258 e. The molecule has 0 aliphatic carbocycles. The first-order valence-corrected chi connectivity index (χ1v) is 2.03. The lowest BCUT2D eigenvalue weighted by atomic mass is 13.6. The van der Waals surface area contributed by atoms with Crippen LogP contribution in [0.2, 0.25) is 0 Å². The van der Waals surface area contributed by atoms with E-state index in [1.165, 1.54) is 0 Å². The highest BCUT2D eigenvalue weighted by atomic mass is 32.2. The molecule has 0 spiro atoms. The van der Waals surface area contributed by atoms with Gasteiger partial charge in [0.1, 0.15) is 4.75 Å². The lowest BCUT2D eigenvalue weighted by Gasteiger charge is -1.77. The van der Waals surface area contributed by atoms with Gasteiger partial charge in [-0.3, -0.25) is 0 Å². The van der Waals surface area contributed by atoms with Crippen molar-refractivity contribution in [3.8, 4) is 0 Å². The Balaban J connectivity index is 3.57. The van der Waals surface area contributed by atoms with Gasteiger partial charge in [0.15, 0.2) is 0 Å². The molecule has 0 aromatic rings. The minimum Gasteiger partial charge on any atom is -0.211 e. The molecular formula is HF2NO2S. The highest BCUT2D eigenvalue weighted by molar-refractivity contribution is 7.69. The molecule has 0 saturated heterocycles. The van der Waals surface area contributed by atoms with E-state index < -0.39 is 15.6 Å². The summed E-state index contributed by atoms with van der Waals surface area (Å²) in [5.74, 6) is 0. The van der Waals surface area contributed by atoms with Gasteiger partial charge in [-0.25, -0.2) is 8.42 Å². The Morgan fingerprint density at radius 1 is 1.33 bits per heavy atom. The maximum atomic E-state index is 10.4. The van der Waals surface area contributed by atoms with Crippen LogP contribution in [0, 0.1) is 0 Å². The molecule has 0 aromatic carbocycles. The summed E-state index contributed by atoms with van der Waals surface area (Å²) in [7, 11) is -3.66. The van der Waals surface area contributed by atoms with E-state index in [4.69, 9.17) is 8.42 Å². The van der Waals surface area contributed by atoms with Crippen molar-refractivity contribution in [2.75, 3.05) is 0 Å². The molecule has 6 heteroatoms. The van der Waals surface area contributed by atoms with Crippen LogP contribution in [0.25, 0.3) is 0 Å². The smallest absolute Gasteiger partial charge is 0.211 e. The van der Waals surface area contributed by atoms with E-state index in [1.54, 1.807) is 0 Å². The average Bonchev–Trinajstić information content (AvgIpc) is 1.36. The second-order valence-corrected chi connectivity index (χ2v) is 1.23. The van der Waals surface area contributed by atoms with Crippen LogP contribution in [0.3, 0.4) is 0 Å². The van der Waals surface area contributed by atoms with Gasteiger partial charge in [-0.15, -0.1) is 0 Å². The zero-order valence-corrected chi connectivity index (χ0v) is 3.36. The number of nitrogens with zero attached hydrogens (tertiary/aromatic N) is 1. The van der Waals surface area contributed by atoms with E-state index in [1.807, 2.05) is 0 Å². The summed E-state index contributed by atoms with van der Waals surface area (Å²) in [6.07, 6.45) is 0. The van der Waals surface area contributed by atoms with Crippen molar-refractivity contribution in [3.05, 3.63) is 0 Å². The van der Waals surface area contributed by atoms with Gasteiger partial charge in [0, 0.05) is 0 Å². The van der Waals surface area contributed by atoms with Crippen LogP contribution >= 0.6 is 0 Å². The number of hydrogen-bond donors (Lipinski definition) is 1. The van der Waals surface area contributed by atoms with E-state index in [9.17, 15) is 8.96 Å². The van der Waals surface area contributed by atoms with Crippen LogP contribution in [0.4, 0.5) is 8.96 Å². The summed E-state index contributed by atoms with van der Waals surface area (Å²) in [5, 5.41) is 0. The normalized spacial score (nSPS) is 10.7. The zero-order chi connectivity index (χ0) is 5.15. The molecule has 0 N–H and O–H groups in total. The van der Waals surface area contributed by atoms with Crippen molar-refractivity contribution in [1.82, 2.24) is 4.75 Å². The predicted octanol–water partition coefficient (Wildman–Crippen LogP) is -0.416. The van der Waals surface area contributed by atoms with Crippen molar-refractivity contribution in [2.24, 2.45) is 0 Å². The van der Waals surface area contributed by atoms with Crippen molar-refractivity contribution >= 4 is 10.9 Å². The van der Waals surface area contributed by atoms with Crippen LogP contribution < -0.4 is 0 Å². The van der Waals surface area contributed by atoms with E-state index in [0.717, 1.165) is 0 Å². The first-order valence-electron chi connectivity index (χ1n) is 0.903. The Hall–Kier alpha value is -0.230. The van der Waals surface area contributed by atoms with Gasteiger partial charge < -0.3 is 0 Å². The van der Waals surface area contributed by atoms with Crippen LogP contribution in [0.5, 0.6) is 0 Å². The first-order chi connectivity index (χ1) is 2.64. The van der Waals surface area contributed by atoms with Crippen molar-refractivity contribution in [3.63, 3.8) is 0 Å². The second-order valence-electron chi connectivity index (χ2n) is 0.453. The molecular weight excluding hydrogens is 116 g/mol. The number of thiol groups is 1. The molecule has 0 rings (SSSR count). The summed E-state index contributed by atoms with van der Waals surface area (Å²) in [6, 6.07) is 0. The molecule has 0 unspecified atom stereocenters. The fourth-order valence-corrected chi connectivity index (χ4v) is 0. The fourth-order valence-electron chi connectivity index (χ4n) is 0.